The van der Waals surface area contributed by atoms with E-state index in [1.165, 1.54) is 6.26 Å². The number of nitrogens with one attached hydrogen (secondary N) is 1. The molecule has 1 N–H and O–H groups in total. The van der Waals surface area contributed by atoms with E-state index in [2.05, 4.69) is 36.6 Å². The molecule has 7 rings (SSSR count). The Morgan fingerprint density at radius 1 is 0.935 bits per heavy atom. The number of fused-ring (bicyclic) bond motifs is 3. The molecule has 0 unspecified atom stereocenters. The highest BCUT2D eigenvalue weighted by Gasteiger charge is 2.62. The highest BCUT2D eigenvalue weighted by Crippen LogP contribution is 2.61. The number of allylic oxidation sites excluding steroid dienone is 1. The van der Waals surface area contributed by atoms with E-state index >= 15 is 4.79 Å². The van der Waals surface area contributed by atoms with Crippen LogP contribution in [0.5, 0.6) is 5.75 Å². The Kier molecular flexibility index (Phi) is 8.15. The predicted octanol–water partition coefficient (Wildman–Crippen LogP) is 7.84. The first kappa shape index (κ1) is 31.2. The molecule has 3 heterocycles. The van der Waals surface area contributed by atoms with Crippen LogP contribution in [0.2, 0.25) is 0 Å². The van der Waals surface area contributed by atoms with Crippen molar-refractivity contribution in [3.05, 3.63) is 140 Å². The predicted molar refractivity (Wildman–Crippen MR) is 191 cm³/mol. The number of nitrogens with zero attached hydrogens (tertiary/aromatic N) is 2. The number of para-hydroxylation sites is 1. The zero-order valence-electron chi connectivity index (χ0n) is 24.9. The van der Waals surface area contributed by atoms with E-state index in [-0.39, 0.29) is 11.2 Å². The second kappa shape index (κ2) is 12.0. The van der Waals surface area contributed by atoms with E-state index in [4.69, 9.17) is 9.73 Å². The molecule has 3 aliphatic heterocycles. The van der Waals surface area contributed by atoms with Gasteiger partial charge in [0.25, 0.3) is 5.91 Å². The number of hydrogen-bond acceptors (Lipinski definition) is 6. The number of methoxy groups -OCH3 is 1. The molecule has 46 heavy (non-hydrogen) atoms. The zero-order valence-corrected chi connectivity index (χ0v) is 29.7. The van der Waals surface area contributed by atoms with Gasteiger partial charge in [-0.1, -0.05) is 98.2 Å². The Hall–Kier alpha value is -3.38. The van der Waals surface area contributed by atoms with Gasteiger partial charge in [0, 0.05) is 37.4 Å². The highest BCUT2D eigenvalue weighted by molar-refractivity contribution is 9.10. The van der Waals surface area contributed by atoms with Crippen LogP contribution < -0.4 is 14.4 Å². The van der Waals surface area contributed by atoms with Crippen LogP contribution in [0.4, 0.5) is 5.69 Å². The molecule has 0 saturated heterocycles. The van der Waals surface area contributed by atoms with E-state index in [0.717, 1.165) is 48.2 Å². The molecule has 3 aliphatic rings. The summed E-state index contributed by atoms with van der Waals surface area (Å²) in [5.74, 6) is 0.0317. The molecule has 0 aromatic heterocycles. The third-order valence-corrected chi connectivity index (χ3v) is 11.5. The van der Waals surface area contributed by atoms with Crippen LogP contribution in [0, 0.1) is 0 Å². The van der Waals surface area contributed by atoms with Crippen LogP contribution in [0.15, 0.2) is 122 Å². The monoisotopic (exact) mass is 777 g/mol. The second-order valence-electron chi connectivity index (χ2n) is 11.6. The molecule has 4 aromatic rings. The maximum absolute atomic E-state index is 15.1. The van der Waals surface area contributed by atoms with Gasteiger partial charge in [-0.15, -0.1) is 0 Å². The lowest BCUT2D eigenvalue weighted by atomic mass is 9.73. The van der Waals surface area contributed by atoms with Crippen molar-refractivity contribution < 1.29 is 17.9 Å². The van der Waals surface area contributed by atoms with Gasteiger partial charge in [0.05, 0.1) is 36.6 Å². The number of amides is 1. The summed E-state index contributed by atoms with van der Waals surface area (Å²) in [7, 11) is -2.02. The van der Waals surface area contributed by atoms with Gasteiger partial charge in [-0.2, -0.15) is 0 Å². The van der Waals surface area contributed by atoms with Crippen molar-refractivity contribution in [3.8, 4) is 5.75 Å². The summed E-state index contributed by atoms with van der Waals surface area (Å²) in [6, 6.07) is 31.4. The zero-order chi connectivity index (χ0) is 32.2. The number of hydrogen-bond donors (Lipinski definition) is 1. The lowest BCUT2D eigenvalue weighted by Crippen LogP contribution is -2.42. The average molecular weight is 780 g/mol. The molecule has 1 amide bonds. The van der Waals surface area contributed by atoms with Gasteiger partial charge < -0.3 is 9.64 Å². The number of thioether (sulfide) groups is 1. The quantitative estimate of drug-likeness (QED) is 0.207. The molecule has 0 bridgehead atoms. The third kappa shape index (κ3) is 5.51. The average Bonchev–Trinajstić information content (AvgIpc) is 3.50. The Labute approximate surface area is 289 Å². The number of benzene rings is 4. The van der Waals surface area contributed by atoms with Crippen molar-refractivity contribution >= 4 is 70.3 Å². The van der Waals surface area contributed by atoms with Crippen molar-refractivity contribution in [2.24, 2.45) is 4.99 Å². The van der Waals surface area contributed by atoms with Crippen molar-refractivity contribution in [3.63, 3.8) is 0 Å². The molecular weight excluding hydrogens is 750 g/mol. The third-order valence-electron chi connectivity index (χ3n) is 8.61. The summed E-state index contributed by atoms with van der Waals surface area (Å²) < 4.78 is 35.8. The Morgan fingerprint density at radius 3 is 2.20 bits per heavy atom. The van der Waals surface area contributed by atoms with Gasteiger partial charge in [-0.05, 0) is 59.2 Å². The second-order valence-corrected chi connectivity index (χ2v) is 16.3. The summed E-state index contributed by atoms with van der Waals surface area (Å²) in [5, 5.41) is 0.565. The Bertz CT molecular complexity index is 2010. The summed E-state index contributed by atoms with van der Waals surface area (Å²) >= 11 is 8.67. The van der Waals surface area contributed by atoms with E-state index < -0.39 is 21.5 Å². The number of carbonyl (C=O) groups excluding carboxylic acids is 1. The van der Waals surface area contributed by atoms with E-state index in [1.807, 2.05) is 102 Å². The van der Waals surface area contributed by atoms with Gasteiger partial charge in [0.15, 0.2) is 5.54 Å². The summed E-state index contributed by atoms with van der Waals surface area (Å²) in [5.41, 5.74) is 4.46. The van der Waals surface area contributed by atoms with E-state index in [1.54, 1.807) is 18.9 Å². The number of sulfonamides is 1. The maximum atomic E-state index is 15.1. The molecule has 0 radical (unpaired) electrons. The van der Waals surface area contributed by atoms with Crippen molar-refractivity contribution in [1.29, 1.82) is 0 Å². The Morgan fingerprint density at radius 2 is 1.57 bits per heavy atom. The summed E-state index contributed by atoms with van der Waals surface area (Å²) in [4.78, 5) is 22.3. The van der Waals surface area contributed by atoms with Gasteiger partial charge in [-0.3, -0.25) is 14.5 Å². The smallest absolute Gasteiger partial charge is 0.260 e. The van der Waals surface area contributed by atoms with Crippen LogP contribution in [0.1, 0.15) is 39.8 Å². The van der Waals surface area contributed by atoms with Crippen molar-refractivity contribution in [1.82, 2.24) is 4.72 Å². The SMILES string of the molecule is COc1ccc(CN2C(=O)[C@]3(N=C4S[C@H](c5ccc(Br)cc5)CC(NS(C)(=O)=O)=C4[C@H]3c3ccc(Br)cc3)c3ccccc32)cc1. The van der Waals surface area contributed by atoms with Gasteiger partial charge in [-0.25, -0.2) is 8.42 Å². The first-order valence-electron chi connectivity index (χ1n) is 14.6. The minimum atomic E-state index is -3.65. The number of ether oxygens (including phenoxy) is 1. The molecule has 7 nitrogen and oxygen atoms in total. The van der Waals surface area contributed by atoms with Crippen LogP contribution in [-0.2, 0) is 26.9 Å². The van der Waals surface area contributed by atoms with Crippen molar-refractivity contribution in [2.45, 2.75) is 29.7 Å². The van der Waals surface area contributed by atoms with Crippen LogP contribution >= 0.6 is 43.6 Å². The molecule has 3 atom stereocenters. The fourth-order valence-corrected chi connectivity index (χ4v) is 9.20. The molecule has 0 saturated carbocycles. The molecule has 234 valence electrons. The summed E-state index contributed by atoms with van der Waals surface area (Å²) in [6.45, 7) is 0.349. The van der Waals surface area contributed by atoms with Crippen molar-refractivity contribution in [2.75, 3.05) is 18.3 Å². The fourth-order valence-electron chi connectivity index (χ4n) is 6.65. The van der Waals surface area contributed by atoms with Crippen LogP contribution in [-0.4, -0.2) is 32.7 Å². The number of carbonyl (C=O) groups is 1. The first-order valence-corrected chi connectivity index (χ1v) is 19.0. The van der Waals surface area contributed by atoms with Crippen LogP contribution in [0.25, 0.3) is 0 Å². The number of anilines is 1. The first-order chi connectivity index (χ1) is 22.1. The molecule has 4 aromatic carbocycles. The Balaban J connectivity index is 1.44. The molecule has 0 aliphatic carbocycles. The standard InChI is InChI=1S/C35H29Br2N3O4S2/c1-44-26-17-7-21(8-18-26)20-40-29-6-4-3-5-27(29)35(34(40)41)32(23-11-15-25(37)16-12-23)31-28(39-46(2,42)43)19-30(45-33(31)38-35)22-9-13-24(36)14-10-22/h3-18,30,32,39H,19-20H2,1-2H3/t30-,32+,35-/m0/s1. The normalized spacial score (nSPS) is 22.1. The van der Waals surface area contributed by atoms with Crippen LogP contribution in [0.3, 0.4) is 0 Å². The summed E-state index contributed by atoms with van der Waals surface area (Å²) in [6.07, 6.45) is 1.60. The van der Waals surface area contributed by atoms with E-state index in [9.17, 15) is 8.42 Å². The minimum absolute atomic E-state index is 0.109. The fraction of sp³-hybridized carbons (Fsp3) is 0.200. The molecule has 1 spiro atoms. The van der Waals surface area contributed by atoms with Gasteiger partial charge in [0.2, 0.25) is 10.0 Å². The molecule has 11 heteroatoms. The van der Waals surface area contributed by atoms with E-state index in [0.29, 0.717) is 23.7 Å². The highest BCUT2D eigenvalue weighted by atomic mass is 79.9. The maximum Gasteiger partial charge on any atom is 0.260 e. The lowest BCUT2D eigenvalue weighted by molar-refractivity contribution is -0.123. The molecule has 0 fully saturated rings. The lowest BCUT2D eigenvalue weighted by Gasteiger charge is -2.32. The minimum Gasteiger partial charge on any atom is -0.497 e. The van der Waals surface area contributed by atoms with Gasteiger partial charge in [0.1, 0.15) is 5.75 Å². The number of aliphatic imine (C=N–C) groups is 1. The number of rotatable bonds is 7. The van der Waals surface area contributed by atoms with Gasteiger partial charge >= 0.3 is 0 Å². The molecular formula is C35H29Br2N3O4S2. The topological polar surface area (TPSA) is 88.1 Å². The largest absolute Gasteiger partial charge is 0.497 e. The number of halogens is 2.